The van der Waals surface area contributed by atoms with Crippen LogP contribution in [0.25, 0.3) is 0 Å². The minimum absolute atomic E-state index is 0.243. The summed E-state index contributed by atoms with van der Waals surface area (Å²) >= 11 is 0. The summed E-state index contributed by atoms with van der Waals surface area (Å²) in [6, 6.07) is 10.3. The summed E-state index contributed by atoms with van der Waals surface area (Å²) in [5.41, 5.74) is 1.29. The van der Waals surface area contributed by atoms with Crippen molar-refractivity contribution in [2.45, 2.75) is 19.4 Å². The van der Waals surface area contributed by atoms with Crippen LogP contribution in [-0.2, 0) is 11.3 Å². The molecule has 16 heavy (non-hydrogen) atoms. The molecule has 1 fully saturated rings. The molecule has 0 unspecified atom stereocenters. The van der Waals surface area contributed by atoms with Gasteiger partial charge in [0.15, 0.2) is 0 Å². The second-order valence-corrected chi connectivity index (χ2v) is 4.36. The zero-order valence-electron chi connectivity index (χ0n) is 9.26. The molecule has 1 aromatic carbocycles. The molecule has 1 aliphatic rings. The normalized spacial score (nSPS) is 18.5. The summed E-state index contributed by atoms with van der Waals surface area (Å²) < 4.78 is 0. The molecule has 86 valence electrons. The first-order chi connectivity index (χ1) is 7.75. The van der Waals surface area contributed by atoms with Crippen molar-refractivity contribution in [3.63, 3.8) is 0 Å². The fourth-order valence-electron chi connectivity index (χ4n) is 2.17. The molecule has 0 aliphatic carbocycles. The number of likely N-dealkylation sites (tertiary alicyclic amines) is 1. The summed E-state index contributed by atoms with van der Waals surface area (Å²) in [7, 11) is 0. The number of piperidine rings is 1. The van der Waals surface area contributed by atoms with Crippen LogP contribution >= 0.6 is 0 Å². The second-order valence-electron chi connectivity index (χ2n) is 4.36. The van der Waals surface area contributed by atoms with Crippen molar-refractivity contribution >= 4 is 5.97 Å². The highest BCUT2D eigenvalue weighted by molar-refractivity contribution is 5.67. The summed E-state index contributed by atoms with van der Waals surface area (Å²) in [6.45, 7) is 2.63. The number of carbonyl (C=O) groups is 1. The predicted octanol–water partition coefficient (Wildman–Crippen LogP) is 0.648. The lowest BCUT2D eigenvalue weighted by Crippen LogP contribution is -2.40. The van der Waals surface area contributed by atoms with Crippen molar-refractivity contribution < 1.29 is 9.90 Å². The average molecular weight is 218 g/mol. The van der Waals surface area contributed by atoms with E-state index in [1.165, 1.54) is 5.56 Å². The van der Waals surface area contributed by atoms with Crippen LogP contribution in [0.2, 0.25) is 0 Å². The van der Waals surface area contributed by atoms with Gasteiger partial charge in [-0.2, -0.15) is 0 Å². The molecule has 1 aliphatic heterocycles. The molecule has 0 N–H and O–H groups in total. The molecule has 2 rings (SSSR count). The van der Waals surface area contributed by atoms with E-state index < -0.39 is 5.97 Å². The van der Waals surface area contributed by atoms with Gasteiger partial charge in [0.05, 0.1) is 0 Å². The second kappa shape index (κ2) is 5.12. The van der Waals surface area contributed by atoms with Crippen molar-refractivity contribution in [2.24, 2.45) is 5.92 Å². The summed E-state index contributed by atoms with van der Waals surface area (Å²) in [6.07, 6.45) is 1.43. The lowest BCUT2D eigenvalue weighted by molar-refractivity contribution is -0.312. The van der Waals surface area contributed by atoms with E-state index in [0.29, 0.717) is 0 Å². The number of rotatable bonds is 3. The van der Waals surface area contributed by atoms with Crippen LogP contribution in [0.3, 0.4) is 0 Å². The Kier molecular flexibility index (Phi) is 3.57. The predicted molar refractivity (Wildman–Crippen MR) is 59.5 cm³/mol. The van der Waals surface area contributed by atoms with E-state index in [9.17, 15) is 9.90 Å². The van der Waals surface area contributed by atoms with Gasteiger partial charge < -0.3 is 9.90 Å². The van der Waals surface area contributed by atoms with Gasteiger partial charge in [-0.25, -0.2) is 0 Å². The van der Waals surface area contributed by atoms with Gasteiger partial charge in [-0.3, -0.25) is 4.90 Å². The van der Waals surface area contributed by atoms with Crippen LogP contribution in [0.1, 0.15) is 18.4 Å². The first-order valence-electron chi connectivity index (χ1n) is 5.73. The van der Waals surface area contributed by atoms with Gasteiger partial charge >= 0.3 is 0 Å². The zero-order chi connectivity index (χ0) is 11.4. The molecule has 3 nitrogen and oxygen atoms in total. The highest BCUT2D eigenvalue weighted by atomic mass is 16.4. The van der Waals surface area contributed by atoms with Crippen molar-refractivity contribution in [2.75, 3.05) is 13.1 Å². The Labute approximate surface area is 95.7 Å². The molecule has 0 spiro atoms. The van der Waals surface area contributed by atoms with Crippen LogP contribution in [-0.4, -0.2) is 24.0 Å². The number of benzene rings is 1. The molecular weight excluding hydrogens is 202 g/mol. The van der Waals surface area contributed by atoms with E-state index in [2.05, 4.69) is 17.0 Å². The lowest BCUT2D eigenvalue weighted by Gasteiger charge is -2.32. The fourth-order valence-corrected chi connectivity index (χ4v) is 2.17. The van der Waals surface area contributed by atoms with Gasteiger partial charge in [0.1, 0.15) is 0 Å². The van der Waals surface area contributed by atoms with E-state index in [0.717, 1.165) is 32.5 Å². The Balaban J connectivity index is 1.84. The maximum absolute atomic E-state index is 10.7. The Hall–Kier alpha value is -1.35. The van der Waals surface area contributed by atoms with Crippen LogP contribution in [0.15, 0.2) is 30.3 Å². The highest BCUT2D eigenvalue weighted by Gasteiger charge is 2.19. The molecule has 0 bridgehead atoms. The lowest BCUT2D eigenvalue weighted by atomic mass is 9.97. The number of carboxylic acid groups (broad SMARTS) is 1. The minimum Gasteiger partial charge on any atom is -0.550 e. The zero-order valence-corrected chi connectivity index (χ0v) is 9.26. The van der Waals surface area contributed by atoms with E-state index in [-0.39, 0.29) is 5.92 Å². The van der Waals surface area contributed by atoms with Gasteiger partial charge in [-0.05, 0) is 31.5 Å². The third kappa shape index (κ3) is 2.83. The number of hydrogen-bond donors (Lipinski definition) is 0. The van der Waals surface area contributed by atoms with Gasteiger partial charge in [0.2, 0.25) is 0 Å². The standard InChI is InChI=1S/C13H17NO2/c15-13(16)12-6-8-14(9-7-12)10-11-4-2-1-3-5-11/h1-5,12H,6-10H2,(H,15,16)/p-1. The van der Waals surface area contributed by atoms with Gasteiger partial charge in [0.25, 0.3) is 0 Å². The topological polar surface area (TPSA) is 43.4 Å². The SMILES string of the molecule is O=C([O-])C1CCN(Cc2ccccc2)CC1. The van der Waals surface area contributed by atoms with Crippen molar-refractivity contribution in [1.29, 1.82) is 0 Å². The van der Waals surface area contributed by atoms with Gasteiger partial charge in [-0.15, -0.1) is 0 Å². The van der Waals surface area contributed by atoms with Crippen molar-refractivity contribution in [3.05, 3.63) is 35.9 Å². The molecule has 1 saturated heterocycles. The molecular formula is C13H16NO2-. The monoisotopic (exact) mass is 218 g/mol. The van der Waals surface area contributed by atoms with E-state index in [1.54, 1.807) is 0 Å². The average Bonchev–Trinajstić information content (AvgIpc) is 2.31. The third-order valence-corrected chi connectivity index (χ3v) is 3.17. The van der Waals surface area contributed by atoms with E-state index in [1.807, 2.05) is 18.2 Å². The van der Waals surface area contributed by atoms with Crippen LogP contribution in [0.5, 0.6) is 0 Å². The maximum Gasteiger partial charge on any atom is 0.0446 e. The maximum atomic E-state index is 10.7. The summed E-state index contributed by atoms with van der Waals surface area (Å²) in [5, 5.41) is 10.7. The Bertz CT molecular complexity index is 342. The number of nitrogens with zero attached hydrogens (tertiary/aromatic N) is 1. The number of aliphatic carboxylic acids is 1. The largest absolute Gasteiger partial charge is 0.550 e. The van der Waals surface area contributed by atoms with E-state index >= 15 is 0 Å². The Morgan fingerprint density at radius 3 is 2.44 bits per heavy atom. The summed E-state index contributed by atoms with van der Waals surface area (Å²) in [5.74, 6) is -1.13. The molecule has 0 radical (unpaired) electrons. The number of carbonyl (C=O) groups excluding carboxylic acids is 1. The van der Waals surface area contributed by atoms with E-state index in [4.69, 9.17) is 0 Å². The number of hydrogen-bond acceptors (Lipinski definition) is 3. The molecule has 1 aromatic rings. The van der Waals surface area contributed by atoms with Crippen LogP contribution in [0, 0.1) is 5.92 Å². The van der Waals surface area contributed by atoms with Crippen molar-refractivity contribution in [3.8, 4) is 0 Å². The smallest absolute Gasteiger partial charge is 0.0446 e. The number of carboxylic acids is 1. The molecule has 1 heterocycles. The summed E-state index contributed by atoms with van der Waals surface area (Å²) in [4.78, 5) is 13.0. The molecule has 0 saturated carbocycles. The van der Waals surface area contributed by atoms with Gasteiger partial charge in [0, 0.05) is 18.4 Å². The molecule has 3 heteroatoms. The third-order valence-electron chi connectivity index (χ3n) is 3.17. The first-order valence-corrected chi connectivity index (χ1v) is 5.73. The van der Waals surface area contributed by atoms with Gasteiger partial charge in [-0.1, -0.05) is 30.3 Å². The Morgan fingerprint density at radius 2 is 1.88 bits per heavy atom. The van der Waals surface area contributed by atoms with Crippen molar-refractivity contribution in [1.82, 2.24) is 4.90 Å². The van der Waals surface area contributed by atoms with Crippen LogP contribution in [0.4, 0.5) is 0 Å². The first kappa shape index (κ1) is 11.1. The molecule has 0 aromatic heterocycles. The highest BCUT2D eigenvalue weighted by Crippen LogP contribution is 2.18. The quantitative estimate of drug-likeness (QED) is 0.748. The fraction of sp³-hybridized carbons (Fsp3) is 0.462. The van der Waals surface area contributed by atoms with Crippen LogP contribution < -0.4 is 5.11 Å². The Morgan fingerprint density at radius 1 is 1.25 bits per heavy atom. The minimum atomic E-state index is -0.889. The molecule has 0 amide bonds. The molecule has 0 atom stereocenters.